The average molecular weight is 415 g/mol. The van der Waals surface area contributed by atoms with Crippen molar-refractivity contribution in [3.8, 4) is 11.5 Å². The van der Waals surface area contributed by atoms with Crippen LogP contribution >= 0.6 is 0 Å². The van der Waals surface area contributed by atoms with E-state index >= 15 is 0 Å². The van der Waals surface area contributed by atoms with E-state index in [2.05, 4.69) is 11.4 Å². The Morgan fingerprint density at radius 1 is 1.13 bits per heavy atom. The van der Waals surface area contributed by atoms with E-state index in [4.69, 9.17) is 9.47 Å². The Bertz CT molecular complexity index is 766. The van der Waals surface area contributed by atoms with Gasteiger partial charge in [0.1, 0.15) is 11.5 Å². The predicted molar refractivity (Wildman–Crippen MR) is 118 cm³/mol. The molecule has 1 N–H and O–H groups in total. The van der Waals surface area contributed by atoms with Crippen LogP contribution in [-0.4, -0.2) is 44.0 Å². The SMILES string of the molecule is COc1ccc(NC(=O)CCC2CCN(C(=O)CC3=CCCCC3)CC2)c(OC)c1. The van der Waals surface area contributed by atoms with Gasteiger partial charge < -0.3 is 19.7 Å². The normalized spacial score (nSPS) is 17.3. The maximum atomic E-state index is 12.5. The maximum Gasteiger partial charge on any atom is 0.226 e. The van der Waals surface area contributed by atoms with Crippen LogP contribution in [0.3, 0.4) is 0 Å². The first-order valence-electron chi connectivity index (χ1n) is 11.1. The van der Waals surface area contributed by atoms with Crippen LogP contribution in [0.4, 0.5) is 5.69 Å². The Kier molecular flexibility index (Phi) is 8.17. The highest BCUT2D eigenvalue weighted by Crippen LogP contribution is 2.30. The lowest BCUT2D eigenvalue weighted by Crippen LogP contribution is -2.38. The van der Waals surface area contributed by atoms with Crippen LogP contribution in [0.25, 0.3) is 0 Å². The molecule has 0 unspecified atom stereocenters. The molecule has 6 heteroatoms. The Morgan fingerprint density at radius 3 is 2.60 bits per heavy atom. The van der Waals surface area contributed by atoms with Crippen molar-refractivity contribution < 1.29 is 19.1 Å². The van der Waals surface area contributed by atoms with Gasteiger partial charge in [0, 0.05) is 32.0 Å². The van der Waals surface area contributed by atoms with E-state index < -0.39 is 0 Å². The Morgan fingerprint density at radius 2 is 1.93 bits per heavy atom. The number of ether oxygens (including phenoxy) is 2. The van der Waals surface area contributed by atoms with Crippen molar-refractivity contribution in [1.82, 2.24) is 4.90 Å². The summed E-state index contributed by atoms with van der Waals surface area (Å²) >= 11 is 0. The largest absolute Gasteiger partial charge is 0.497 e. The summed E-state index contributed by atoms with van der Waals surface area (Å²) in [6.07, 6.45) is 10.8. The molecule has 30 heavy (non-hydrogen) atoms. The second-order valence-corrected chi connectivity index (χ2v) is 8.26. The molecule has 1 aromatic rings. The van der Waals surface area contributed by atoms with Crippen LogP contribution in [0.5, 0.6) is 11.5 Å². The molecule has 1 aromatic carbocycles. The van der Waals surface area contributed by atoms with Crippen LogP contribution in [0.15, 0.2) is 29.8 Å². The lowest BCUT2D eigenvalue weighted by atomic mass is 9.91. The summed E-state index contributed by atoms with van der Waals surface area (Å²) in [4.78, 5) is 27.0. The van der Waals surface area contributed by atoms with Gasteiger partial charge in [-0.1, -0.05) is 11.6 Å². The van der Waals surface area contributed by atoms with E-state index in [0.717, 1.165) is 45.2 Å². The molecule has 1 aliphatic carbocycles. The number of carbonyl (C=O) groups is 2. The zero-order valence-corrected chi connectivity index (χ0v) is 18.2. The molecule has 1 aliphatic heterocycles. The number of hydrogen-bond donors (Lipinski definition) is 1. The zero-order valence-electron chi connectivity index (χ0n) is 18.2. The van der Waals surface area contributed by atoms with E-state index in [0.29, 0.717) is 35.9 Å². The van der Waals surface area contributed by atoms with Crippen molar-refractivity contribution in [2.24, 2.45) is 5.92 Å². The molecule has 0 saturated carbocycles. The third-order valence-electron chi connectivity index (χ3n) is 6.19. The van der Waals surface area contributed by atoms with Gasteiger partial charge in [-0.2, -0.15) is 0 Å². The molecular weight excluding hydrogens is 380 g/mol. The van der Waals surface area contributed by atoms with Gasteiger partial charge >= 0.3 is 0 Å². The first kappa shape index (κ1) is 22.2. The van der Waals surface area contributed by atoms with Crippen LogP contribution < -0.4 is 14.8 Å². The van der Waals surface area contributed by atoms with E-state index in [1.54, 1.807) is 32.4 Å². The molecule has 2 amide bonds. The molecule has 3 rings (SSSR count). The van der Waals surface area contributed by atoms with Gasteiger partial charge in [0.2, 0.25) is 11.8 Å². The van der Waals surface area contributed by atoms with Gasteiger partial charge in [-0.3, -0.25) is 9.59 Å². The number of anilines is 1. The van der Waals surface area contributed by atoms with Gasteiger partial charge in [-0.05, 0) is 63.0 Å². The Hall–Kier alpha value is -2.50. The van der Waals surface area contributed by atoms with Gasteiger partial charge in [0.25, 0.3) is 0 Å². The molecule has 6 nitrogen and oxygen atoms in total. The molecule has 1 heterocycles. The molecule has 1 saturated heterocycles. The number of piperidine rings is 1. The summed E-state index contributed by atoms with van der Waals surface area (Å²) in [6, 6.07) is 5.35. The van der Waals surface area contributed by atoms with E-state index in [-0.39, 0.29) is 11.8 Å². The van der Waals surface area contributed by atoms with Gasteiger partial charge in [-0.15, -0.1) is 0 Å². The predicted octanol–water partition coefficient (Wildman–Crippen LogP) is 4.55. The fourth-order valence-electron chi connectivity index (χ4n) is 4.29. The number of amides is 2. The monoisotopic (exact) mass is 414 g/mol. The van der Waals surface area contributed by atoms with Crippen molar-refractivity contribution in [3.05, 3.63) is 29.8 Å². The molecule has 0 bridgehead atoms. The van der Waals surface area contributed by atoms with Crippen molar-refractivity contribution in [1.29, 1.82) is 0 Å². The minimum absolute atomic E-state index is 0.0128. The van der Waals surface area contributed by atoms with Gasteiger partial charge in [0.05, 0.1) is 19.9 Å². The topological polar surface area (TPSA) is 67.9 Å². The summed E-state index contributed by atoms with van der Waals surface area (Å²) in [7, 11) is 3.17. The fraction of sp³-hybridized carbons (Fsp3) is 0.583. The second kappa shape index (κ2) is 11.0. The molecule has 0 aromatic heterocycles. The van der Waals surface area contributed by atoms with Crippen LogP contribution in [0.1, 0.15) is 57.8 Å². The third kappa shape index (κ3) is 6.25. The maximum absolute atomic E-state index is 12.5. The number of nitrogens with zero attached hydrogens (tertiary/aromatic N) is 1. The zero-order chi connectivity index (χ0) is 21.3. The first-order valence-corrected chi connectivity index (χ1v) is 11.1. The lowest BCUT2D eigenvalue weighted by Gasteiger charge is -2.32. The van der Waals surface area contributed by atoms with E-state index in [9.17, 15) is 9.59 Å². The number of methoxy groups -OCH3 is 2. The van der Waals surface area contributed by atoms with Crippen molar-refractivity contribution in [2.45, 2.75) is 57.8 Å². The number of nitrogens with one attached hydrogen (secondary N) is 1. The number of hydrogen-bond acceptors (Lipinski definition) is 4. The molecule has 0 atom stereocenters. The number of carbonyl (C=O) groups excluding carboxylic acids is 2. The molecule has 164 valence electrons. The van der Waals surface area contributed by atoms with Crippen LogP contribution in [0, 0.1) is 5.92 Å². The highest BCUT2D eigenvalue weighted by molar-refractivity contribution is 5.92. The summed E-state index contributed by atoms with van der Waals surface area (Å²) in [5.41, 5.74) is 1.97. The standard InChI is InChI=1S/C24H34N2O4/c1-29-20-9-10-21(22(17-20)30-2)25-23(27)11-8-18-12-14-26(15-13-18)24(28)16-19-6-4-3-5-7-19/h6,9-10,17-18H,3-5,7-8,11-16H2,1-2H3,(H,25,27). The smallest absolute Gasteiger partial charge is 0.226 e. The van der Waals surface area contributed by atoms with Crippen LogP contribution in [0.2, 0.25) is 0 Å². The number of likely N-dealkylation sites (tertiary alicyclic amines) is 1. The van der Waals surface area contributed by atoms with E-state index in [1.807, 2.05) is 4.90 Å². The summed E-state index contributed by atoms with van der Waals surface area (Å²) in [6.45, 7) is 1.62. The van der Waals surface area contributed by atoms with Gasteiger partial charge in [0.15, 0.2) is 0 Å². The summed E-state index contributed by atoms with van der Waals surface area (Å²) < 4.78 is 10.5. The number of allylic oxidation sites excluding steroid dienone is 1. The van der Waals surface area contributed by atoms with Crippen molar-refractivity contribution in [2.75, 3.05) is 32.6 Å². The summed E-state index contributed by atoms with van der Waals surface area (Å²) in [5.74, 6) is 2.02. The minimum atomic E-state index is -0.0128. The first-order chi connectivity index (χ1) is 14.6. The molecule has 1 fully saturated rings. The second-order valence-electron chi connectivity index (χ2n) is 8.26. The number of rotatable bonds is 8. The highest BCUT2D eigenvalue weighted by atomic mass is 16.5. The minimum Gasteiger partial charge on any atom is -0.497 e. The van der Waals surface area contributed by atoms with Gasteiger partial charge in [-0.25, -0.2) is 0 Å². The lowest BCUT2D eigenvalue weighted by molar-refractivity contribution is -0.132. The molecule has 0 spiro atoms. The van der Waals surface area contributed by atoms with Crippen molar-refractivity contribution >= 4 is 17.5 Å². The Labute approximate surface area is 179 Å². The summed E-state index contributed by atoms with van der Waals surface area (Å²) in [5, 5.41) is 2.93. The highest BCUT2D eigenvalue weighted by Gasteiger charge is 2.24. The average Bonchev–Trinajstić information content (AvgIpc) is 2.79. The fourth-order valence-corrected chi connectivity index (χ4v) is 4.29. The molecule has 0 radical (unpaired) electrons. The third-order valence-corrected chi connectivity index (χ3v) is 6.19. The van der Waals surface area contributed by atoms with E-state index in [1.165, 1.54) is 18.4 Å². The van der Waals surface area contributed by atoms with Crippen molar-refractivity contribution in [3.63, 3.8) is 0 Å². The van der Waals surface area contributed by atoms with Crippen LogP contribution in [-0.2, 0) is 9.59 Å². The molecule has 2 aliphatic rings. The molecular formula is C24H34N2O4. The quantitative estimate of drug-likeness (QED) is 0.634. The number of benzene rings is 1. The Balaban J connectivity index is 1.39.